The smallest absolute Gasteiger partial charge is 0.328 e. The molecule has 0 unspecified atom stereocenters. The van der Waals surface area contributed by atoms with Gasteiger partial charge in [-0.15, -0.1) is 0 Å². The first-order valence-corrected chi connectivity index (χ1v) is 6.46. The third-order valence-corrected chi connectivity index (χ3v) is 3.19. The van der Waals surface area contributed by atoms with Gasteiger partial charge >= 0.3 is 5.69 Å². The molecule has 6 nitrogen and oxygen atoms in total. The van der Waals surface area contributed by atoms with Gasteiger partial charge in [-0.3, -0.25) is 13.9 Å². The zero-order chi connectivity index (χ0) is 17.6. The molecule has 0 fully saturated rings. The van der Waals surface area contributed by atoms with E-state index < -0.39 is 30.0 Å². The number of nitrogens with zero attached hydrogens (tertiary/aromatic N) is 4. The van der Waals surface area contributed by atoms with Crippen LogP contribution < -0.4 is 11.2 Å². The lowest BCUT2D eigenvalue weighted by Gasteiger charge is -2.11. The number of rotatable bonds is 5. The van der Waals surface area contributed by atoms with Gasteiger partial charge in [-0.25, -0.2) is 18.6 Å². The van der Waals surface area contributed by atoms with Crippen molar-refractivity contribution in [2.24, 2.45) is 14.1 Å². The third-order valence-electron chi connectivity index (χ3n) is 3.19. The van der Waals surface area contributed by atoms with Crippen molar-refractivity contribution < 1.29 is 11.5 Å². The number of hydrogen-bond donors (Lipinski definition) is 0. The van der Waals surface area contributed by atoms with Gasteiger partial charge in [0.1, 0.15) is 0 Å². The van der Waals surface area contributed by atoms with Crippen LogP contribution in [-0.4, -0.2) is 24.6 Å². The van der Waals surface area contributed by atoms with E-state index in [2.05, 4.69) is 4.98 Å². The first kappa shape index (κ1) is 12.7. The topological polar surface area (TPSA) is 61.8 Å². The lowest BCUT2D eigenvalue weighted by atomic mass is 10.1. The molecule has 0 aliphatic carbocycles. The zero-order valence-corrected chi connectivity index (χ0v) is 12.1. The maximum Gasteiger partial charge on any atom is 0.332 e. The van der Waals surface area contributed by atoms with E-state index in [4.69, 9.17) is 2.74 Å². The fourth-order valence-electron chi connectivity index (χ4n) is 2.14. The summed E-state index contributed by atoms with van der Waals surface area (Å²) in [6.45, 7) is 0.377. The Bertz CT molecular complexity index is 848. The maximum absolute atomic E-state index is 13.1. The number of aromatic nitrogens is 4. The average Bonchev–Trinajstić information content (AvgIpc) is 2.81. The van der Waals surface area contributed by atoms with Crippen molar-refractivity contribution in [3.05, 3.63) is 27.2 Å². The minimum Gasteiger partial charge on any atom is -0.328 e. The van der Waals surface area contributed by atoms with Gasteiger partial charge in [-0.05, 0) is 19.8 Å². The Labute approximate surface area is 122 Å². The molecule has 2 heterocycles. The molecule has 2 rings (SSSR count). The summed E-state index contributed by atoms with van der Waals surface area (Å²) in [6, 6.07) is 0. The van der Waals surface area contributed by atoms with Crippen molar-refractivity contribution in [3.63, 3.8) is 0 Å². The highest BCUT2D eigenvalue weighted by molar-refractivity contribution is 5.69. The SMILES string of the molecule is [2H]C([2H])(CCCn1c(=O)c2c(ncn2C)n(C)c1=O)C(C)(F)F. The van der Waals surface area contributed by atoms with Gasteiger partial charge in [0, 0.05) is 29.8 Å². The first-order chi connectivity index (χ1) is 10.5. The first-order valence-electron chi connectivity index (χ1n) is 7.46. The molecular formula is C13H18F2N4O2. The lowest BCUT2D eigenvalue weighted by Crippen LogP contribution is -2.39. The summed E-state index contributed by atoms with van der Waals surface area (Å²) in [4.78, 5) is 28.6. The van der Waals surface area contributed by atoms with E-state index in [1.165, 1.54) is 22.5 Å². The van der Waals surface area contributed by atoms with Crippen molar-refractivity contribution >= 4 is 11.2 Å². The molecule has 0 aliphatic rings. The summed E-state index contributed by atoms with van der Waals surface area (Å²) in [7, 11) is 3.08. The van der Waals surface area contributed by atoms with E-state index in [0.29, 0.717) is 6.92 Å². The van der Waals surface area contributed by atoms with Gasteiger partial charge in [-0.1, -0.05) is 0 Å². The Morgan fingerprint density at radius 1 is 1.33 bits per heavy atom. The normalized spacial score (nSPS) is 14.3. The molecule has 116 valence electrons. The minimum atomic E-state index is -3.49. The molecule has 0 amide bonds. The molecule has 2 aromatic heterocycles. The second kappa shape index (κ2) is 5.42. The number of aryl methyl sites for hydroxylation is 2. The number of halogens is 2. The highest BCUT2D eigenvalue weighted by atomic mass is 19.3. The molecule has 0 bridgehead atoms. The van der Waals surface area contributed by atoms with Gasteiger partial charge in [0.25, 0.3) is 5.56 Å². The summed E-state index contributed by atoms with van der Waals surface area (Å²) in [5.74, 6) is -3.49. The molecule has 0 aromatic carbocycles. The summed E-state index contributed by atoms with van der Waals surface area (Å²) in [6.07, 6.45) is -1.81. The molecule has 0 atom stereocenters. The molecule has 2 aromatic rings. The van der Waals surface area contributed by atoms with Gasteiger partial charge < -0.3 is 4.57 Å². The van der Waals surface area contributed by atoms with Gasteiger partial charge in [-0.2, -0.15) is 0 Å². The van der Waals surface area contributed by atoms with E-state index >= 15 is 0 Å². The van der Waals surface area contributed by atoms with Crippen LogP contribution in [0.25, 0.3) is 11.2 Å². The van der Waals surface area contributed by atoms with Crippen molar-refractivity contribution in [2.45, 2.75) is 38.6 Å². The highest BCUT2D eigenvalue weighted by Crippen LogP contribution is 2.19. The summed E-state index contributed by atoms with van der Waals surface area (Å²) < 4.78 is 44.6. The number of fused-ring (bicyclic) bond motifs is 1. The van der Waals surface area contributed by atoms with Crippen LogP contribution >= 0.6 is 0 Å². The standard InChI is InChI=1S/C13H18F2N4O2/c1-13(14,15)6-4-5-7-19-11(20)9-10(16-8-17(9)2)18(3)12(19)21/h8H,4-7H2,1-3H3/i6D2. The van der Waals surface area contributed by atoms with Crippen LogP contribution in [0, 0.1) is 0 Å². The van der Waals surface area contributed by atoms with Crippen LogP contribution in [0.1, 0.15) is 28.9 Å². The molecule has 0 radical (unpaired) electrons. The highest BCUT2D eigenvalue weighted by Gasteiger charge is 2.20. The zero-order valence-electron chi connectivity index (χ0n) is 14.1. The van der Waals surface area contributed by atoms with Crippen LogP contribution in [0.3, 0.4) is 0 Å². The molecule has 0 aliphatic heterocycles. The van der Waals surface area contributed by atoms with Crippen LogP contribution in [0.5, 0.6) is 0 Å². The van der Waals surface area contributed by atoms with E-state index in [1.54, 1.807) is 7.05 Å². The quantitative estimate of drug-likeness (QED) is 0.835. The van der Waals surface area contributed by atoms with E-state index in [1.807, 2.05) is 0 Å². The molecule has 0 saturated heterocycles. The van der Waals surface area contributed by atoms with Gasteiger partial charge in [0.2, 0.25) is 5.92 Å². The van der Waals surface area contributed by atoms with Crippen LogP contribution in [-0.2, 0) is 20.6 Å². The lowest BCUT2D eigenvalue weighted by molar-refractivity contribution is 0.0102. The van der Waals surface area contributed by atoms with E-state index in [9.17, 15) is 18.4 Å². The number of hydrogen-bond acceptors (Lipinski definition) is 3. The molecule has 0 spiro atoms. The van der Waals surface area contributed by atoms with Crippen molar-refractivity contribution in [3.8, 4) is 0 Å². The molecule has 8 heteroatoms. The molecule has 0 saturated carbocycles. The van der Waals surface area contributed by atoms with Crippen molar-refractivity contribution in [2.75, 3.05) is 0 Å². The van der Waals surface area contributed by atoms with Crippen molar-refractivity contribution in [1.29, 1.82) is 0 Å². The molecule has 0 N–H and O–H groups in total. The Morgan fingerprint density at radius 3 is 2.62 bits per heavy atom. The van der Waals surface area contributed by atoms with Crippen molar-refractivity contribution in [1.82, 2.24) is 18.7 Å². The predicted molar refractivity (Wildman–Crippen MR) is 74.7 cm³/mol. The second-order valence-corrected chi connectivity index (χ2v) is 4.99. The maximum atomic E-state index is 13.1. The van der Waals surface area contributed by atoms with Gasteiger partial charge in [0.15, 0.2) is 11.2 Å². The molecular weight excluding hydrogens is 282 g/mol. The summed E-state index contributed by atoms with van der Waals surface area (Å²) in [5, 5.41) is 0. The van der Waals surface area contributed by atoms with E-state index in [0.717, 1.165) is 4.57 Å². The third kappa shape index (κ3) is 3.03. The number of imidazole rings is 1. The summed E-state index contributed by atoms with van der Waals surface area (Å²) >= 11 is 0. The monoisotopic (exact) mass is 302 g/mol. The average molecular weight is 302 g/mol. The fourth-order valence-corrected chi connectivity index (χ4v) is 2.14. The number of alkyl halides is 2. The Hall–Kier alpha value is -1.99. The van der Waals surface area contributed by atoms with E-state index in [-0.39, 0.29) is 24.1 Å². The van der Waals surface area contributed by atoms with Crippen LogP contribution in [0.15, 0.2) is 15.9 Å². The Morgan fingerprint density at radius 2 is 2.00 bits per heavy atom. The predicted octanol–water partition coefficient (Wildman–Crippen LogP) is 1.26. The fraction of sp³-hybridized carbons (Fsp3) is 0.615. The molecule has 21 heavy (non-hydrogen) atoms. The second-order valence-electron chi connectivity index (χ2n) is 4.99. The Kier molecular flexibility index (Phi) is 3.28. The Balaban J connectivity index is 2.33. The van der Waals surface area contributed by atoms with Crippen LogP contribution in [0.4, 0.5) is 8.78 Å². The summed E-state index contributed by atoms with van der Waals surface area (Å²) in [5.41, 5.74) is -0.693. The minimum absolute atomic E-state index is 0.0606. The van der Waals surface area contributed by atoms with Gasteiger partial charge in [0.05, 0.1) is 6.33 Å². The van der Waals surface area contributed by atoms with Crippen LogP contribution in [0.2, 0.25) is 0 Å². The largest absolute Gasteiger partial charge is 0.332 e.